The predicted molar refractivity (Wildman–Crippen MR) is 101 cm³/mol. The van der Waals surface area contributed by atoms with E-state index in [2.05, 4.69) is 16.9 Å². The Bertz CT molecular complexity index is 802. The smallest absolute Gasteiger partial charge is 0.408 e. The number of methoxy groups -OCH3 is 1. The molecule has 0 unspecified atom stereocenters. The number of nitrogens with one attached hydrogen (secondary N) is 2. The van der Waals surface area contributed by atoms with Crippen molar-refractivity contribution in [1.29, 1.82) is 0 Å². The maximum atomic E-state index is 12.1. The number of allylic oxidation sites excluding steroid dienone is 1. The number of esters is 1. The molecule has 6 nitrogen and oxygen atoms in total. The summed E-state index contributed by atoms with van der Waals surface area (Å²) in [6.07, 6.45) is 4.08. The molecule has 0 saturated carbocycles. The van der Waals surface area contributed by atoms with Gasteiger partial charge in [0.15, 0.2) is 0 Å². The zero-order valence-electron chi connectivity index (χ0n) is 15.7. The fraction of sp³-hybridized carbons (Fsp3) is 0.400. The molecule has 0 bridgehead atoms. The van der Waals surface area contributed by atoms with Crippen LogP contribution in [0.5, 0.6) is 0 Å². The van der Waals surface area contributed by atoms with Gasteiger partial charge >= 0.3 is 12.1 Å². The minimum atomic E-state index is -0.836. The summed E-state index contributed by atoms with van der Waals surface area (Å²) in [6.45, 7) is 9.07. The van der Waals surface area contributed by atoms with Crippen LogP contribution in [0.25, 0.3) is 10.9 Å². The number of fused-ring (bicyclic) bond motifs is 1. The van der Waals surface area contributed by atoms with E-state index in [1.54, 1.807) is 20.8 Å². The van der Waals surface area contributed by atoms with Gasteiger partial charge in [0.05, 0.1) is 7.11 Å². The molecule has 1 heterocycles. The number of carbonyl (C=O) groups is 2. The van der Waals surface area contributed by atoms with Crippen molar-refractivity contribution in [1.82, 2.24) is 10.3 Å². The third-order valence-corrected chi connectivity index (χ3v) is 3.85. The number of hydrogen-bond acceptors (Lipinski definition) is 4. The Kier molecular flexibility index (Phi) is 6.08. The summed E-state index contributed by atoms with van der Waals surface area (Å²) in [5.41, 5.74) is 2.39. The van der Waals surface area contributed by atoms with E-state index in [-0.39, 0.29) is 0 Å². The first-order valence-electron chi connectivity index (χ1n) is 8.51. The number of rotatable bonds is 6. The summed E-state index contributed by atoms with van der Waals surface area (Å²) in [4.78, 5) is 27.4. The van der Waals surface area contributed by atoms with Crippen molar-refractivity contribution < 1.29 is 19.1 Å². The van der Waals surface area contributed by atoms with E-state index in [1.165, 1.54) is 7.11 Å². The summed E-state index contributed by atoms with van der Waals surface area (Å²) < 4.78 is 10.1. The Balaban J connectivity index is 2.24. The summed E-state index contributed by atoms with van der Waals surface area (Å²) >= 11 is 0. The van der Waals surface area contributed by atoms with Gasteiger partial charge in [0.2, 0.25) is 0 Å². The van der Waals surface area contributed by atoms with Gasteiger partial charge in [-0.25, -0.2) is 9.59 Å². The third-order valence-electron chi connectivity index (χ3n) is 3.85. The van der Waals surface area contributed by atoms with Gasteiger partial charge in [-0.15, -0.1) is 6.58 Å². The molecule has 0 aliphatic rings. The fourth-order valence-corrected chi connectivity index (χ4v) is 2.77. The fourth-order valence-electron chi connectivity index (χ4n) is 2.77. The zero-order valence-corrected chi connectivity index (χ0v) is 15.7. The second-order valence-corrected chi connectivity index (χ2v) is 7.07. The number of para-hydroxylation sites is 1. The standard InChI is InChI=1S/C20H26N2O4/c1-6-8-13-9-7-10-15-14(12-21-17(13)15)11-16(18(23)25-5)22-19(24)26-20(2,3)4/h6-7,9-10,12,16,21H,1,8,11H2,2-5H3,(H,22,24)/t16-/m0/s1. The Morgan fingerprint density at radius 1 is 1.31 bits per heavy atom. The largest absolute Gasteiger partial charge is 0.467 e. The molecule has 2 rings (SSSR count). The number of benzene rings is 1. The number of aromatic amines is 1. The molecular weight excluding hydrogens is 332 g/mol. The first-order valence-corrected chi connectivity index (χ1v) is 8.51. The van der Waals surface area contributed by atoms with E-state index in [0.717, 1.165) is 28.5 Å². The normalized spacial score (nSPS) is 12.5. The molecule has 1 aromatic heterocycles. The average molecular weight is 358 g/mol. The van der Waals surface area contributed by atoms with Crippen LogP contribution in [0.4, 0.5) is 4.79 Å². The Hall–Kier alpha value is -2.76. The summed E-state index contributed by atoms with van der Waals surface area (Å²) in [5.74, 6) is -0.521. The molecule has 0 aliphatic heterocycles. The van der Waals surface area contributed by atoms with Crippen LogP contribution in [0, 0.1) is 0 Å². The highest BCUT2D eigenvalue weighted by atomic mass is 16.6. The van der Waals surface area contributed by atoms with E-state index >= 15 is 0 Å². The van der Waals surface area contributed by atoms with Crippen LogP contribution in [-0.2, 0) is 27.1 Å². The number of aromatic nitrogens is 1. The molecule has 0 saturated heterocycles. The quantitative estimate of drug-likeness (QED) is 0.612. The van der Waals surface area contributed by atoms with Crippen molar-refractivity contribution in [3.8, 4) is 0 Å². The third kappa shape index (κ3) is 4.88. The Morgan fingerprint density at radius 3 is 2.65 bits per heavy atom. The zero-order chi connectivity index (χ0) is 19.3. The minimum Gasteiger partial charge on any atom is -0.467 e. The van der Waals surface area contributed by atoms with Crippen LogP contribution in [-0.4, -0.2) is 35.8 Å². The van der Waals surface area contributed by atoms with E-state index in [0.29, 0.717) is 6.42 Å². The SMILES string of the molecule is C=CCc1cccc2c(C[C@H](NC(=O)OC(C)(C)C)C(=O)OC)c[nH]c12. The predicted octanol–water partition coefficient (Wildman–Crippen LogP) is 3.51. The summed E-state index contributed by atoms with van der Waals surface area (Å²) in [7, 11) is 1.30. The molecule has 0 aliphatic carbocycles. The van der Waals surface area contributed by atoms with Crippen LogP contribution in [0.15, 0.2) is 37.1 Å². The number of alkyl carbamates (subject to hydrolysis) is 1. The van der Waals surface area contributed by atoms with Crippen molar-refractivity contribution in [2.75, 3.05) is 7.11 Å². The van der Waals surface area contributed by atoms with Gasteiger partial charge in [-0.1, -0.05) is 24.3 Å². The average Bonchev–Trinajstić information content (AvgIpc) is 2.96. The van der Waals surface area contributed by atoms with Gasteiger partial charge in [0.1, 0.15) is 11.6 Å². The van der Waals surface area contributed by atoms with Crippen molar-refractivity contribution in [2.45, 2.75) is 45.3 Å². The van der Waals surface area contributed by atoms with Gasteiger partial charge in [0.25, 0.3) is 0 Å². The first-order chi connectivity index (χ1) is 12.2. The molecule has 0 spiro atoms. The second-order valence-electron chi connectivity index (χ2n) is 7.07. The minimum absolute atomic E-state index is 0.295. The van der Waals surface area contributed by atoms with Crippen molar-refractivity contribution in [2.24, 2.45) is 0 Å². The topological polar surface area (TPSA) is 80.4 Å². The molecule has 6 heteroatoms. The van der Waals surface area contributed by atoms with Crippen molar-refractivity contribution in [3.63, 3.8) is 0 Å². The lowest BCUT2D eigenvalue weighted by Gasteiger charge is -2.22. The van der Waals surface area contributed by atoms with Gasteiger partial charge < -0.3 is 19.8 Å². The molecular formula is C20H26N2O4. The summed E-state index contributed by atoms with van der Waals surface area (Å²) in [6, 6.07) is 5.14. The van der Waals surface area contributed by atoms with E-state index < -0.39 is 23.7 Å². The molecule has 2 N–H and O–H groups in total. The van der Waals surface area contributed by atoms with Crippen molar-refractivity contribution in [3.05, 3.63) is 48.2 Å². The van der Waals surface area contributed by atoms with Crippen LogP contribution >= 0.6 is 0 Å². The lowest BCUT2D eigenvalue weighted by molar-refractivity contribution is -0.143. The second kappa shape index (κ2) is 8.08. The molecule has 1 aromatic carbocycles. The van der Waals surface area contributed by atoms with Gasteiger partial charge in [-0.05, 0) is 38.3 Å². The molecule has 1 atom stereocenters. The van der Waals surface area contributed by atoms with Crippen LogP contribution < -0.4 is 5.32 Å². The summed E-state index contributed by atoms with van der Waals surface area (Å²) in [5, 5.41) is 3.61. The number of ether oxygens (including phenoxy) is 2. The maximum absolute atomic E-state index is 12.1. The van der Waals surface area contributed by atoms with Crippen molar-refractivity contribution >= 4 is 23.0 Å². The molecule has 2 aromatic rings. The van der Waals surface area contributed by atoms with Crippen LogP contribution in [0.3, 0.4) is 0 Å². The van der Waals surface area contributed by atoms with E-state index in [4.69, 9.17) is 9.47 Å². The molecule has 0 fully saturated rings. The lowest BCUT2D eigenvalue weighted by Crippen LogP contribution is -2.45. The Morgan fingerprint density at radius 2 is 2.04 bits per heavy atom. The first kappa shape index (κ1) is 19.6. The molecule has 1 amide bonds. The molecule has 140 valence electrons. The highest BCUT2D eigenvalue weighted by Gasteiger charge is 2.26. The van der Waals surface area contributed by atoms with Crippen LogP contribution in [0.1, 0.15) is 31.9 Å². The number of amides is 1. The van der Waals surface area contributed by atoms with E-state index in [9.17, 15) is 9.59 Å². The van der Waals surface area contributed by atoms with Crippen LogP contribution in [0.2, 0.25) is 0 Å². The Labute approximate surface area is 153 Å². The lowest BCUT2D eigenvalue weighted by atomic mass is 10.0. The van der Waals surface area contributed by atoms with E-state index in [1.807, 2.05) is 30.5 Å². The number of H-pyrrole nitrogens is 1. The van der Waals surface area contributed by atoms with Gasteiger partial charge in [0, 0.05) is 23.5 Å². The number of hydrogen-bond donors (Lipinski definition) is 2. The van der Waals surface area contributed by atoms with Gasteiger partial charge in [-0.2, -0.15) is 0 Å². The monoisotopic (exact) mass is 358 g/mol. The maximum Gasteiger partial charge on any atom is 0.408 e. The molecule has 26 heavy (non-hydrogen) atoms. The molecule has 0 radical (unpaired) electrons. The number of carbonyl (C=O) groups excluding carboxylic acids is 2. The highest BCUT2D eigenvalue weighted by molar-refractivity contribution is 5.88. The highest BCUT2D eigenvalue weighted by Crippen LogP contribution is 2.23. The van der Waals surface area contributed by atoms with Gasteiger partial charge in [-0.3, -0.25) is 0 Å².